The summed E-state index contributed by atoms with van der Waals surface area (Å²) in [5.41, 5.74) is 12.9. The number of nitrogens with zero attached hydrogens (tertiary/aromatic N) is 5. The molecule has 43 heavy (non-hydrogen) atoms. The summed E-state index contributed by atoms with van der Waals surface area (Å²) in [5.74, 6) is 2.84. The van der Waals surface area contributed by atoms with Crippen molar-refractivity contribution in [2.75, 3.05) is 43.9 Å². The van der Waals surface area contributed by atoms with E-state index in [2.05, 4.69) is 28.4 Å². The third-order valence-electron chi connectivity index (χ3n) is 11.0. The zero-order valence-electron chi connectivity index (χ0n) is 25.5. The molecule has 0 unspecified atom stereocenters. The molecule has 3 fully saturated rings. The minimum absolute atomic E-state index is 0.0106. The number of rotatable bonds is 5. The molecule has 2 aromatic heterocycles. The van der Waals surface area contributed by atoms with Gasteiger partial charge in [0.2, 0.25) is 5.88 Å². The van der Waals surface area contributed by atoms with Crippen LogP contribution in [0.15, 0.2) is 22.7 Å². The molecule has 4 atom stereocenters. The number of halogens is 1. The van der Waals surface area contributed by atoms with Gasteiger partial charge in [-0.1, -0.05) is 11.2 Å². The summed E-state index contributed by atoms with van der Waals surface area (Å²) in [6.45, 7) is 7.27. The SMILES string of the molecule is Cc1c(N)ccc2c1[C@]1(CCCc3c(-c4nc(O[C@@H](C)[C@@H]5C[C@@H](F)CN5C)cc(N5CCNC6(CC6)C5)n4)noc31)CC2. The summed E-state index contributed by atoms with van der Waals surface area (Å²) in [4.78, 5) is 14.5. The number of nitrogens with two attached hydrogens (primary N) is 1. The molecule has 0 radical (unpaired) electrons. The highest BCUT2D eigenvalue weighted by atomic mass is 19.1. The number of aryl methyl sites for hydroxylation is 1. The fourth-order valence-corrected chi connectivity index (χ4v) is 8.54. The van der Waals surface area contributed by atoms with Gasteiger partial charge < -0.3 is 25.2 Å². The third kappa shape index (κ3) is 4.43. The molecule has 3 aromatic rings. The lowest BCUT2D eigenvalue weighted by Gasteiger charge is -2.35. The normalized spacial score (nSPS) is 28.3. The van der Waals surface area contributed by atoms with Crippen LogP contribution in [0.25, 0.3) is 11.5 Å². The number of nitrogen functional groups attached to an aromatic ring is 1. The zero-order valence-corrected chi connectivity index (χ0v) is 25.5. The molecule has 2 saturated heterocycles. The van der Waals surface area contributed by atoms with Crippen LogP contribution in [0.2, 0.25) is 0 Å². The molecule has 8 rings (SSSR count). The van der Waals surface area contributed by atoms with E-state index in [9.17, 15) is 4.39 Å². The summed E-state index contributed by atoms with van der Waals surface area (Å²) in [7, 11) is 1.96. The lowest BCUT2D eigenvalue weighted by molar-refractivity contribution is 0.117. The minimum Gasteiger partial charge on any atom is -0.473 e. The average molecular weight is 588 g/mol. The number of hydrogen-bond acceptors (Lipinski definition) is 9. The predicted molar refractivity (Wildman–Crippen MR) is 163 cm³/mol. The first-order valence-electron chi connectivity index (χ1n) is 16.0. The minimum atomic E-state index is -0.832. The topological polar surface area (TPSA) is 106 Å². The van der Waals surface area contributed by atoms with Crippen molar-refractivity contribution in [2.45, 2.75) is 94.5 Å². The van der Waals surface area contributed by atoms with E-state index in [1.165, 1.54) is 24.0 Å². The van der Waals surface area contributed by atoms with Crippen LogP contribution < -0.4 is 20.7 Å². The smallest absolute Gasteiger partial charge is 0.219 e. The predicted octanol–water partition coefficient (Wildman–Crippen LogP) is 4.34. The van der Waals surface area contributed by atoms with Gasteiger partial charge in [-0.15, -0.1) is 0 Å². The molecule has 3 aliphatic carbocycles. The number of fused-ring (bicyclic) bond motifs is 4. The van der Waals surface area contributed by atoms with Crippen molar-refractivity contribution in [2.24, 2.45) is 0 Å². The molecule has 1 saturated carbocycles. The number of alkyl halides is 1. The van der Waals surface area contributed by atoms with Crippen LogP contribution in [0.4, 0.5) is 15.9 Å². The van der Waals surface area contributed by atoms with Crippen LogP contribution in [0, 0.1) is 6.92 Å². The van der Waals surface area contributed by atoms with Crippen LogP contribution in [-0.4, -0.2) is 77.1 Å². The van der Waals surface area contributed by atoms with E-state index in [0.29, 0.717) is 30.4 Å². The van der Waals surface area contributed by atoms with E-state index in [1.54, 1.807) is 0 Å². The van der Waals surface area contributed by atoms with Gasteiger partial charge in [0.1, 0.15) is 18.1 Å². The Hall–Kier alpha value is -3.24. The van der Waals surface area contributed by atoms with Crippen LogP contribution >= 0.6 is 0 Å². The van der Waals surface area contributed by atoms with Crippen molar-refractivity contribution < 1.29 is 13.7 Å². The van der Waals surface area contributed by atoms with E-state index in [4.69, 9.17) is 25.0 Å². The summed E-state index contributed by atoms with van der Waals surface area (Å²) in [6, 6.07) is 6.16. The fraction of sp³-hybridized carbons (Fsp3) is 0.606. The second kappa shape index (κ2) is 9.89. The van der Waals surface area contributed by atoms with E-state index in [0.717, 1.165) is 80.1 Å². The maximum absolute atomic E-state index is 14.2. The highest BCUT2D eigenvalue weighted by Gasteiger charge is 2.49. The second-order valence-electron chi connectivity index (χ2n) is 13.8. The molecular weight excluding hydrogens is 545 g/mol. The highest BCUT2D eigenvalue weighted by molar-refractivity contribution is 5.65. The molecule has 0 amide bonds. The number of aromatic nitrogens is 3. The maximum atomic E-state index is 14.2. The number of benzene rings is 1. The summed E-state index contributed by atoms with van der Waals surface area (Å²) in [5, 5.41) is 8.38. The maximum Gasteiger partial charge on any atom is 0.219 e. The first-order chi connectivity index (χ1) is 20.8. The Labute approximate surface area is 252 Å². The molecular formula is C33H42FN7O2. The van der Waals surface area contributed by atoms with Crippen LogP contribution in [-0.2, 0) is 18.3 Å². The van der Waals surface area contributed by atoms with Crippen LogP contribution in [0.1, 0.15) is 73.5 Å². The Morgan fingerprint density at radius 1 is 1.19 bits per heavy atom. The quantitative estimate of drug-likeness (QED) is 0.422. The number of ether oxygens (including phenoxy) is 1. The third-order valence-corrected chi connectivity index (χ3v) is 11.0. The first-order valence-corrected chi connectivity index (χ1v) is 16.0. The van der Waals surface area contributed by atoms with Gasteiger partial charge in [-0.05, 0) is 95.0 Å². The average Bonchev–Trinajstić information content (AvgIpc) is 3.30. The molecule has 228 valence electrons. The van der Waals surface area contributed by atoms with Gasteiger partial charge in [0.25, 0.3) is 0 Å². The van der Waals surface area contributed by atoms with Crippen molar-refractivity contribution in [3.05, 3.63) is 46.2 Å². The number of piperazine rings is 1. The van der Waals surface area contributed by atoms with E-state index < -0.39 is 6.17 Å². The fourth-order valence-electron chi connectivity index (χ4n) is 8.54. The monoisotopic (exact) mass is 587 g/mol. The lowest BCUT2D eigenvalue weighted by Crippen LogP contribution is -2.52. The molecule has 2 aliphatic heterocycles. The van der Waals surface area contributed by atoms with Gasteiger partial charge >= 0.3 is 0 Å². The van der Waals surface area contributed by atoms with E-state index in [1.807, 2.05) is 31.0 Å². The van der Waals surface area contributed by atoms with E-state index in [-0.39, 0.29) is 23.1 Å². The zero-order chi connectivity index (χ0) is 29.5. The molecule has 3 N–H and O–H groups in total. The molecule has 5 aliphatic rings. The Morgan fingerprint density at radius 2 is 2.05 bits per heavy atom. The Morgan fingerprint density at radius 3 is 2.84 bits per heavy atom. The van der Waals surface area contributed by atoms with Gasteiger partial charge in [-0.2, -0.15) is 4.98 Å². The number of hydrogen-bond donors (Lipinski definition) is 2. The van der Waals surface area contributed by atoms with Gasteiger partial charge in [0, 0.05) is 55.1 Å². The number of likely N-dealkylation sites (tertiary alicyclic amines) is 1. The van der Waals surface area contributed by atoms with Crippen molar-refractivity contribution in [3.8, 4) is 17.4 Å². The molecule has 1 aromatic carbocycles. The highest BCUT2D eigenvalue weighted by Crippen LogP contribution is 2.54. The molecule has 10 heteroatoms. The number of likely N-dealkylation sites (N-methyl/N-ethyl adjacent to an activating group) is 1. The van der Waals surface area contributed by atoms with Crippen molar-refractivity contribution in [1.82, 2.24) is 25.3 Å². The Kier molecular flexibility index (Phi) is 6.28. The van der Waals surface area contributed by atoms with Gasteiger partial charge in [-0.25, -0.2) is 9.37 Å². The number of nitrogens with one attached hydrogen (secondary N) is 1. The Balaban J connectivity index is 1.19. The number of anilines is 2. The van der Waals surface area contributed by atoms with Crippen molar-refractivity contribution in [3.63, 3.8) is 0 Å². The second-order valence-corrected chi connectivity index (χ2v) is 13.8. The van der Waals surface area contributed by atoms with Gasteiger partial charge in [0.05, 0.1) is 5.41 Å². The molecule has 4 heterocycles. The van der Waals surface area contributed by atoms with Crippen LogP contribution in [0.3, 0.4) is 0 Å². The molecule has 0 bridgehead atoms. The van der Waals surface area contributed by atoms with Gasteiger partial charge in [0.15, 0.2) is 17.3 Å². The van der Waals surface area contributed by atoms with Gasteiger partial charge in [-0.3, -0.25) is 4.90 Å². The lowest BCUT2D eigenvalue weighted by atomic mass is 9.68. The van der Waals surface area contributed by atoms with E-state index >= 15 is 0 Å². The summed E-state index contributed by atoms with van der Waals surface area (Å²) >= 11 is 0. The van der Waals surface area contributed by atoms with Crippen molar-refractivity contribution in [1.29, 1.82) is 0 Å². The van der Waals surface area contributed by atoms with Crippen LogP contribution in [0.5, 0.6) is 5.88 Å². The summed E-state index contributed by atoms with van der Waals surface area (Å²) in [6.07, 6.45) is 6.71. The van der Waals surface area contributed by atoms with Crippen molar-refractivity contribution >= 4 is 11.5 Å². The molecule has 2 spiro atoms. The first kappa shape index (κ1) is 27.3. The molecule has 9 nitrogen and oxygen atoms in total. The standard InChI is InChI=1S/C33H42FN7O2/c1-19-24(35)7-6-21-8-10-33(28(19)21)9-4-5-23-29(39-43-30(23)33)31-37-26(41-14-13-36-32(18-41)11-12-32)16-27(38-31)42-20(2)25-15-22(34)17-40(25)3/h6-7,16,20,22,25,36H,4-5,8-15,17-18,35H2,1-3H3/t20-,22+,25-,33-/m0/s1. The largest absolute Gasteiger partial charge is 0.473 e. The summed E-state index contributed by atoms with van der Waals surface area (Å²) < 4.78 is 27.0. The Bertz CT molecular complexity index is 1570.